The molecule has 0 aliphatic heterocycles. The van der Waals surface area contributed by atoms with Gasteiger partial charge >= 0.3 is 5.97 Å². The molecule has 15 heavy (non-hydrogen) atoms. The van der Waals surface area contributed by atoms with Gasteiger partial charge in [0.05, 0.1) is 12.3 Å². The second kappa shape index (κ2) is 4.02. The Morgan fingerprint density at radius 2 is 2.53 bits per heavy atom. The Morgan fingerprint density at radius 1 is 1.80 bits per heavy atom. The van der Waals surface area contributed by atoms with E-state index in [9.17, 15) is 4.79 Å². The van der Waals surface area contributed by atoms with Gasteiger partial charge in [0.15, 0.2) is 6.04 Å². The molecule has 1 unspecified atom stereocenters. The van der Waals surface area contributed by atoms with Gasteiger partial charge in [-0.05, 0) is 18.9 Å². The summed E-state index contributed by atoms with van der Waals surface area (Å²) in [5.41, 5.74) is 0.998. The third kappa shape index (κ3) is 2.18. The number of ether oxygens (including phenoxy) is 1. The molecule has 1 aliphatic rings. The van der Waals surface area contributed by atoms with Gasteiger partial charge in [-0.15, -0.1) is 0 Å². The number of aliphatic carboxylic acids is 1. The van der Waals surface area contributed by atoms with Crippen LogP contribution in [0.2, 0.25) is 0 Å². The van der Waals surface area contributed by atoms with Gasteiger partial charge < -0.3 is 9.84 Å². The van der Waals surface area contributed by atoms with Gasteiger partial charge in [-0.3, -0.25) is 4.68 Å². The molecule has 0 radical (unpaired) electrons. The van der Waals surface area contributed by atoms with Crippen molar-refractivity contribution in [2.24, 2.45) is 0 Å². The van der Waals surface area contributed by atoms with E-state index in [-0.39, 0.29) is 6.61 Å². The zero-order chi connectivity index (χ0) is 10.8. The van der Waals surface area contributed by atoms with E-state index < -0.39 is 12.0 Å². The van der Waals surface area contributed by atoms with E-state index in [1.807, 2.05) is 6.07 Å². The maximum absolute atomic E-state index is 10.9. The molecule has 2 rings (SSSR count). The van der Waals surface area contributed by atoms with Crippen molar-refractivity contribution in [2.75, 3.05) is 13.7 Å². The van der Waals surface area contributed by atoms with Gasteiger partial charge in [0.1, 0.15) is 0 Å². The Hall–Kier alpha value is -1.36. The molecule has 0 spiro atoms. The van der Waals surface area contributed by atoms with Crippen LogP contribution < -0.4 is 0 Å². The zero-order valence-electron chi connectivity index (χ0n) is 8.59. The first-order chi connectivity index (χ1) is 7.22. The molecule has 1 N–H and O–H groups in total. The standard InChI is InChI=1S/C10H14N2O3/c1-15-6-9(10(13)14)12-5-4-8(11-12)7-2-3-7/h4-5,7,9H,2-3,6H2,1H3,(H,13,14). The summed E-state index contributed by atoms with van der Waals surface area (Å²) in [6, 6.07) is 1.17. The van der Waals surface area contributed by atoms with Gasteiger partial charge in [0.25, 0.3) is 0 Å². The summed E-state index contributed by atoms with van der Waals surface area (Å²) < 4.78 is 6.34. The fourth-order valence-corrected chi connectivity index (χ4v) is 1.54. The molecule has 1 aliphatic carbocycles. The lowest BCUT2D eigenvalue weighted by molar-refractivity contribution is -0.142. The topological polar surface area (TPSA) is 64.3 Å². The molecule has 82 valence electrons. The van der Waals surface area contributed by atoms with Gasteiger partial charge in [0, 0.05) is 19.2 Å². The van der Waals surface area contributed by atoms with Gasteiger partial charge in [-0.2, -0.15) is 5.10 Å². The van der Waals surface area contributed by atoms with E-state index >= 15 is 0 Å². The molecule has 1 aromatic rings. The number of hydrogen-bond acceptors (Lipinski definition) is 3. The van der Waals surface area contributed by atoms with Crippen molar-refractivity contribution in [3.63, 3.8) is 0 Å². The van der Waals surface area contributed by atoms with Gasteiger partial charge in [0.2, 0.25) is 0 Å². The van der Waals surface area contributed by atoms with Crippen LogP contribution in [0.3, 0.4) is 0 Å². The molecule has 5 nitrogen and oxygen atoms in total. The van der Waals surface area contributed by atoms with Crippen LogP contribution in [0.4, 0.5) is 0 Å². The number of carbonyl (C=O) groups is 1. The van der Waals surface area contributed by atoms with Crippen molar-refractivity contribution in [1.29, 1.82) is 0 Å². The highest BCUT2D eigenvalue weighted by Gasteiger charge is 2.28. The van der Waals surface area contributed by atoms with Gasteiger partial charge in [-0.1, -0.05) is 0 Å². The molecular formula is C10H14N2O3. The second-order valence-corrected chi connectivity index (χ2v) is 3.80. The van der Waals surface area contributed by atoms with Crippen LogP contribution in [-0.2, 0) is 9.53 Å². The summed E-state index contributed by atoms with van der Waals surface area (Å²) in [6.45, 7) is 0.140. The minimum absolute atomic E-state index is 0.140. The lowest BCUT2D eigenvalue weighted by atomic mass is 10.3. The highest BCUT2D eigenvalue weighted by Crippen LogP contribution is 2.39. The van der Waals surface area contributed by atoms with Crippen molar-refractivity contribution in [2.45, 2.75) is 24.8 Å². The van der Waals surface area contributed by atoms with Crippen LogP contribution in [-0.4, -0.2) is 34.6 Å². The molecule has 5 heteroatoms. The zero-order valence-corrected chi connectivity index (χ0v) is 8.59. The number of carboxylic acid groups (broad SMARTS) is 1. The number of hydrogen-bond donors (Lipinski definition) is 1. The fraction of sp³-hybridized carbons (Fsp3) is 0.600. The summed E-state index contributed by atoms with van der Waals surface area (Å²) in [5.74, 6) is -0.370. The largest absolute Gasteiger partial charge is 0.480 e. The molecule has 1 heterocycles. The normalized spacial score (nSPS) is 17.7. The number of carboxylic acids is 1. The van der Waals surface area contributed by atoms with E-state index in [4.69, 9.17) is 9.84 Å². The van der Waals surface area contributed by atoms with Crippen molar-refractivity contribution in [1.82, 2.24) is 9.78 Å². The van der Waals surface area contributed by atoms with Crippen LogP contribution in [0, 0.1) is 0 Å². The molecule has 1 atom stereocenters. The quantitative estimate of drug-likeness (QED) is 0.788. The number of nitrogens with zero attached hydrogens (tertiary/aromatic N) is 2. The first kappa shape index (κ1) is 10.2. The van der Waals surface area contributed by atoms with Crippen LogP contribution in [0.25, 0.3) is 0 Å². The van der Waals surface area contributed by atoms with Crippen molar-refractivity contribution >= 4 is 5.97 Å². The third-order valence-corrected chi connectivity index (χ3v) is 2.55. The van der Waals surface area contributed by atoms with Crippen molar-refractivity contribution in [3.05, 3.63) is 18.0 Å². The summed E-state index contributed by atoms with van der Waals surface area (Å²) in [7, 11) is 1.49. The number of rotatable bonds is 5. The smallest absolute Gasteiger partial charge is 0.330 e. The summed E-state index contributed by atoms with van der Waals surface area (Å²) in [6.07, 6.45) is 4.05. The van der Waals surface area contributed by atoms with E-state index in [0.717, 1.165) is 5.69 Å². The fourth-order valence-electron chi connectivity index (χ4n) is 1.54. The lowest BCUT2D eigenvalue weighted by Crippen LogP contribution is -2.24. The minimum Gasteiger partial charge on any atom is -0.480 e. The molecule has 0 saturated heterocycles. The Morgan fingerprint density at radius 3 is 3.07 bits per heavy atom. The van der Waals surface area contributed by atoms with E-state index in [1.165, 1.54) is 24.6 Å². The SMILES string of the molecule is COCC(C(=O)O)n1ccc(C2CC2)n1. The summed E-state index contributed by atoms with van der Waals surface area (Å²) in [5, 5.41) is 13.2. The molecule has 0 bridgehead atoms. The predicted octanol–water partition coefficient (Wildman–Crippen LogP) is 1.03. The first-order valence-electron chi connectivity index (χ1n) is 4.99. The van der Waals surface area contributed by atoms with Gasteiger partial charge in [-0.25, -0.2) is 4.79 Å². The molecular weight excluding hydrogens is 196 g/mol. The predicted molar refractivity (Wildman–Crippen MR) is 52.8 cm³/mol. The van der Waals surface area contributed by atoms with E-state index in [0.29, 0.717) is 5.92 Å². The Labute approximate surface area is 87.7 Å². The van der Waals surface area contributed by atoms with Crippen molar-refractivity contribution < 1.29 is 14.6 Å². The highest BCUT2D eigenvalue weighted by molar-refractivity contribution is 5.71. The molecule has 0 aromatic carbocycles. The number of aromatic nitrogens is 2. The highest BCUT2D eigenvalue weighted by atomic mass is 16.5. The van der Waals surface area contributed by atoms with E-state index in [2.05, 4.69) is 5.10 Å². The Bertz CT molecular complexity index is 357. The lowest BCUT2D eigenvalue weighted by Gasteiger charge is -2.11. The third-order valence-electron chi connectivity index (χ3n) is 2.55. The number of methoxy groups -OCH3 is 1. The monoisotopic (exact) mass is 210 g/mol. The second-order valence-electron chi connectivity index (χ2n) is 3.80. The van der Waals surface area contributed by atoms with Crippen LogP contribution in [0.1, 0.15) is 30.5 Å². The van der Waals surface area contributed by atoms with E-state index in [1.54, 1.807) is 6.20 Å². The molecule has 1 aromatic heterocycles. The molecule has 1 saturated carbocycles. The maximum Gasteiger partial charge on any atom is 0.330 e. The maximum atomic E-state index is 10.9. The minimum atomic E-state index is -0.915. The first-order valence-corrected chi connectivity index (χ1v) is 4.99. The molecule has 0 amide bonds. The summed E-state index contributed by atoms with van der Waals surface area (Å²) in [4.78, 5) is 10.9. The van der Waals surface area contributed by atoms with Crippen LogP contribution in [0.15, 0.2) is 12.3 Å². The average molecular weight is 210 g/mol. The van der Waals surface area contributed by atoms with Crippen molar-refractivity contribution in [3.8, 4) is 0 Å². The Kier molecular flexibility index (Phi) is 2.73. The summed E-state index contributed by atoms with van der Waals surface area (Å²) >= 11 is 0. The average Bonchev–Trinajstić information content (AvgIpc) is 2.94. The molecule has 1 fully saturated rings. The van der Waals surface area contributed by atoms with Crippen LogP contribution in [0.5, 0.6) is 0 Å². The van der Waals surface area contributed by atoms with Crippen LogP contribution >= 0.6 is 0 Å². The Balaban J connectivity index is 2.13.